The predicted molar refractivity (Wildman–Crippen MR) is 109 cm³/mol. The largest absolute Gasteiger partial charge is 0.357 e. The minimum atomic E-state index is 0. The van der Waals surface area contributed by atoms with Gasteiger partial charge in [0.2, 0.25) is 0 Å². The Morgan fingerprint density at radius 2 is 1.81 bits per heavy atom. The molecule has 0 radical (unpaired) electrons. The Bertz CT molecular complexity index is 248. The molecule has 0 amide bonds. The lowest BCUT2D eigenvalue weighted by molar-refractivity contribution is 0.237. The lowest BCUT2D eigenvalue weighted by atomic mass is 10.3. The maximum Gasteiger partial charge on any atom is 0.191 e. The van der Waals surface area contributed by atoms with Crippen LogP contribution < -0.4 is 10.6 Å². The molecule has 6 heteroatoms. The molecule has 0 aromatic rings. The van der Waals surface area contributed by atoms with E-state index in [0.717, 1.165) is 38.7 Å². The van der Waals surface area contributed by atoms with Crippen LogP contribution in [0, 0.1) is 0 Å². The van der Waals surface area contributed by atoms with E-state index in [4.69, 9.17) is 4.99 Å². The van der Waals surface area contributed by atoms with Crippen molar-refractivity contribution in [3.63, 3.8) is 0 Å². The summed E-state index contributed by atoms with van der Waals surface area (Å²) in [5, 5.41) is 6.74. The number of thioether (sulfide) groups is 1. The number of nitrogens with one attached hydrogen (secondary N) is 2. The monoisotopic (exact) mass is 430 g/mol. The van der Waals surface area contributed by atoms with Crippen molar-refractivity contribution < 1.29 is 0 Å². The molecule has 1 atom stereocenters. The molecule has 0 aliphatic rings. The van der Waals surface area contributed by atoms with Crippen LogP contribution in [0.4, 0.5) is 0 Å². The van der Waals surface area contributed by atoms with Crippen LogP contribution in [0.3, 0.4) is 0 Å². The highest BCUT2D eigenvalue weighted by Gasteiger charge is 2.09. The van der Waals surface area contributed by atoms with Gasteiger partial charge in [0.05, 0.1) is 6.54 Å². The standard InChI is InChI=1S/C15H34N4S.HI/c1-6-16-15(17-11-9-10-12-20-5)18-13-14(4)19(7-2)8-3;/h14H,6-13H2,1-5H3,(H2,16,17,18);1H. The lowest BCUT2D eigenvalue weighted by Crippen LogP contribution is -2.40. The molecular formula is C15H35IN4S. The molecule has 0 saturated heterocycles. The first-order valence-electron chi connectivity index (χ1n) is 7.94. The van der Waals surface area contributed by atoms with Crippen molar-refractivity contribution in [1.82, 2.24) is 15.5 Å². The zero-order valence-corrected chi connectivity index (χ0v) is 17.6. The summed E-state index contributed by atoms with van der Waals surface area (Å²) < 4.78 is 0. The number of halogens is 1. The topological polar surface area (TPSA) is 39.7 Å². The molecule has 4 nitrogen and oxygen atoms in total. The second-order valence-corrected chi connectivity index (χ2v) is 5.90. The Hall–Kier alpha value is 0.310. The SMILES string of the molecule is CCNC(=NCC(C)N(CC)CC)NCCCCSC.I. The summed E-state index contributed by atoms with van der Waals surface area (Å²) in [6, 6.07) is 0.497. The van der Waals surface area contributed by atoms with Gasteiger partial charge in [0, 0.05) is 19.1 Å². The molecular weight excluding hydrogens is 395 g/mol. The van der Waals surface area contributed by atoms with E-state index >= 15 is 0 Å². The van der Waals surface area contributed by atoms with Gasteiger partial charge in [-0.15, -0.1) is 24.0 Å². The van der Waals surface area contributed by atoms with Gasteiger partial charge in [-0.1, -0.05) is 13.8 Å². The molecule has 0 aliphatic heterocycles. The number of guanidine groups is 1. The van der Waals surface area contributed by atoms with Crippen LogP contribution in [0.5, 0.6) is 0 Å². The van der Waals surface area contributed by atoms with Gasteiger partial charge >= 0.3 is 0 Å². The second kappa shape index (κ2) is 16.7. The number of aliphatic imine (C=N–C) groups is 1. The summed E-state index contributed by atoms with van der Waals surface area (Å²) in [5.41, 5.74) is 0. The first-order valence-corrected chi connectivity index (χ1v) is 9.34. The number of unbranched alkanes of at least 4 members (excludes halogenated alkanes) is 1. The minimum absolute atomic E-state index is 0. The smallest absolute Gasteiger partial charge is 0.191 e. The summed E-state index contributed by atoms with van der Waals surface area (Å²) >= 11 is 1.91. The van der Waals surface area contributed by atoms with Crippen LogP contribution >= 0.6 is 35.7 Å². The molecule has 0 aromatic heterocycles. The maximum absolute atomic E-state index is 4.70. The Labute approximate surface area is 153 Å². The van der Waals surface area contributed by atoms with E-state index in [9.17, 15) is 0 Å². The van der Waals surface area contributed by atoms with Gasteiger partial charge in [-0.3, -0.25) is 9.89 Å². The Morgan fingerprint density at radius 1 is 1.14 bits per heavy atom. The highest BCUT2D eigenvalue weighted by atomic mass is 127. The Balaban J connectivity index is 0. The van der Waals surface area contributed by atoms with E-state index in [1.807, 2.05) is 11.8 Å². The van der Waals surface area contributed by atoms with Crippen LogP contribution in [0.15, 0.2) is 4.99 Å². The van der Waals surface area contributed by atoms with Crippen molar-refractivity contribution >= 4 is 41.7 Å². The molecule has 0 rings (SSSR count). The third kappa shape index (κ3) is 12.5. The van der Waals surface area contributed by atoms with Gasteiger partial charge in [0.25, 0.3) is 0 Å². The first-order chi connectivity index (χ1) is 9.69. The summed E-state index contributed by atoms with van der Waals surface area (Å²) in [6.07, 6.45) is 4.63. The van der Waals surface area contributed by atoms with Gasteiger partial charge < -0.3 is 10.6 Å². The molecule has 0 aliphatic carbocycles. The van der Waals surface area contributed by atoms with Crippen molar-refractivity contribution in [1.29, 1.82) is 0 Å². The molecule has 0 bridgehead atoms. The highest BCUT2D eigenvalue weighted by molar-refractivity contribution is 14.0. The number of nitrogens with zero attached hydrogens (tertiary/aromatic N) is 2. The molecule has 0 heterocycles. The first kappa shape index (κ1) is 23.6. The van der Waals surface area contributed by atoms with Crippen molar-refractivity contribution in [3.05, 3.63) is 0 Å². The van der Waals surface area contributed by atoms with E-state index in [1.54, 1.807) is 0 Å². The number of likely N-dealkylation sites (N-methyl/N-ethyl adjacent to an activating group) is 1. The lowest BCUT2D eigenvalue weighted by Gasteiger charge is -2.25. The third-order valence-corrected chi connectivity index (χ3v) is 4.06. The van der Waals surface area contributed by atoms with Gasteiger partial charge in [-0.2, -0.15) is 11.8 Å². The van der Waals surface area contributed by atoms with Crippen molar-refractivity contribution in [2.45, 2.75) is 46.6 Å². The summed E-state index contributed by atoms with van der Waals surface area (Å²) in [6.45, 7) is 13.7. The van der Waals surface area contributed by atoms with E-state index in [0.29, 0.717) is 6.04 Å². The van der Waals surface area contributed by atoms with Crippen LogP contribution in [-0.2, 0) is 0 Å². The number of rotatable bonds is 11. The summed E-state index contributed by atoms with van der Waals surface area (Å²) in [5.74, 6) is 2.20. The highest BCUT2D eigenvalue weighted by Crippen LogP contribution is 1.99. The summed E-state index contributed by atoms with van der Waals surface area (Å²) in [4.78, 5) is 7.13. The summed E-state index contributed by atoms with van der Waals surface area (Å²) in [7, 11) is 0. The normalized spacial score (nSPS) is 13.0. The second-order valence-electron chi connectivity index (χ2n) is 4.92. The fourth-order valence-electron chi connectivity index (χ4n) is 2.11. The van der Waals surface area contributed by atoms with Gasteiger partial charge in [0.15, 0.2) is 5.96 Å². The fraction of sp³-hybridized carbons (Fsp3) is 0.933. The van der Waals surface area contributed by atoms with Crippen LogP contribution in [0.1, 0.15) is 40.5 Å². The maximum atomic E-state index is 4.70. The van der Waals surface area contributed by atoms with Crippen molar-refractivity contribution in [2.75, 3.05) is 44.7 Å². The van der Waals surface area contributed by atoms with Gasteiger partial charge in [-0.05, 0) is 51.8 Å². The van der Waals surface area contributed by atoms with Crippen LogP contribution in [0.2, 0.25) is 0 Å². The van der Waals surface area contributed by atoms with E-state index in [2.05, 4.69) is 49.5 Å². The predicted octanol–water partition coefficient (Wildman–Crippen LogP) is 3.03. The zero-order valence-electron chi connectivity index (χ0n) is 14.4. The average Bonchev–Trinajstić information content (AvgIpc) is 2.45. The molecule has 21 heavy (non-hydrogen) atoms. The molecule has 0 aromatic carbocycles. The third-order valence-electron chi connectivity index (χ3n) is 3.36. The van der Waals surface area contributed by atoms with Crippen molar-refractivity contribution in [2.24, 2.45) is 4.99 Å². The quantitative estimate of drug-likeness (QED) is 0.229. The van der Waals surface area contributed by atoms with Crippen LogP contribution in [-0.4, -0.2) is 61.6 Å². The Kier molecular flexibility index (Phi) is 18.7. The molecule has 0 fully saturated rings. The van der Waals surface area contributed by atoms with Crippen LogP contribution in [0.25, 0.3) is 0 Å². The minimum Gasteiger partial charge on any atom is -0.357 e. The Morgan fingerprint density at radius 3 is 2.33 bits per heavy atom. The van der Waals surface area contributed by atoms with E-state index < -0.39 is 0 Å². The van der Waals surface area contributed by atoms with Gasteiger partial charge in [-0.25, -0.2) is 0 Å². The molecule has 1 unspecified atom stereocenters. The number of hydrogen-bond acceptors (Lipinski definition) is 3. The zero-order chi connectivity index (χ0) is 15.2. The van der Waals surface area contributed by atoms with E-state index in [1.165, 1.54) is 18.6 Å². The number of hydrogen-bond donors (Lipinski definition) is 2. The molecule has 128 valence electrons. The average molecular weight is 430 g/mol. The van der Waals surface area contributed by atoms with Gasteiger partial charge in [0.1, 0.15) is 0 Å². The fourth-order valence-corrected chi connectivity index (χ4v) is 2.60. The van der Waals surface area contributed by atoms with E-state index in [-0.39, 0.29) is 24.0 Å². The van der Waals surface area contributed by atoms with Crippen molar-refractivity contribution in [3.8, 4) is 0 Å². The molecule has 0 spiro atoms. The molecule has 2 N–H and O–H groups in total. The molecule has 0 saturated carbocycles.